The second-order valence-corrected chi connectivity index (χ2v) is 6.69. The Bertz CT molecular complexity index is 764. The summed E-state index contributed by atoms with van der Waals surface area (Å²) < 4.78 is 1.61. The molecule has 0 bridgehead atoms. The summed E-state index contributed by atoms with van der Waals surface area (Å²) in [4.78, 5) is 25.2. The molecule has 132 valence electrons. The molecule has 2 aromatic rings. The van der Waals surface area contributed by atoms with Crippen LogP contribution in [0.2, 0.25) is 0 Å². The van der Waals surface area contributed by atoms with Crippen LogP contribution in [0.5, 0.6) is 0 Å². The maximum absolute atomic E-state index is 12.7. The number of carbonyl (C=O) groups is 2. The van der Waals surface area contributed by atoms with Crippen LogP contribution in [0.4, 0.5) is 0 Å². The maximum Gasteiger partial charge on any atom is 0.216 e. The van der Waals surface area contributed by atoms with Gasteiger partial charge in [0.05, 0.1) is 0 Å². The number of rotatable bonds is 9. The molecule has 5 heteroatoms. The van der Waals surface area contributed by atoms with E-state index >= 15 is 0 Å². The summed E-state index contributed by atoms with van der Waals surface area (Å²) in [6.07, 6.45) is 9.75. The molecule has 0 aliphatic heterocycles. The predicted octanol–water partition coefficient (Wildman–Crippen LogP) is 4.19. The Morgan fingerprint density at radius 1 is 0.840 bits per heavy atom. The zero-order chi connectivity index (χ0) is 17.6. The molecule has 0 atom stereocenters. The largest absolute Gasteiger partial charge is 0.287 e. The van der Waals surface area contributed by atoms with Crippen molar-refractivity contribution in [3.8, 4) is 0 Å². The Kier molecular flexibility index (Phi) is 5.74. The van der Waals surface area contributed by atoms with Crippen molar-refractivity contribution in [1.82, 2.24) is 15.0 Å². The number of unbranched alkanes of at least 4 members (excludes halogenated alkanes) is 7. The number of nitrogens with zero attached hydrogens (tertiary/aromatic N) is 3. The van der Waals surface area contributed by atoms with Crippen molar-refractivity contribution in [2.45, 2.75) is 64.8 Å². The summed E-state index contributed by atoms with van der Waals surface area (Å²) in [5.74, 6) is -0.345. The number of aromatic nitrogens is 3. The molecule has 1 aliphatic rings. The number of hydrogen-bond acceptors (Lipinski definition) is 4. The lowest BCUT2D eigenvalue weighted by Gasteiger charge is -2.14. The van der Waals surface area contributed by atoms with E-state index in [0.29, 0.717) is 23.4 Å². The van der Waals surface area contributed by atoms with Gasteiger partial charge in [0.2, 0.25) is 11.6 Å². The van der Waals surface area contributed by atoms with E-state index in [0.717, 1.165) is 12.8 Å². The summed E-state index contributed by atoms with van der Waals surface area (Å²) in [5.41, 5.74) is 1.44. The van der Waals surface area contributed by atoms with Gasteiger partial charge in [-0.25, -0.2) is 4.68 Å². The van der Waals surface area contributed by atoms with Crippen molar-refractivity contribution in [3.63, 3.8) is 0 Å². The van der Waals surface area contributed by atoms with E-state index in [1.165, 1.54) is 38.5 Å². The van der Waals surface area contributed by atoms with Crippen molar-refractivity contribution in [2.24, 2.45) is 0 Å². The molecule has 0 radical (unpaired) electrons. The highest BCUT2D eigenvalue weighted by atomic mass is 16.1. The monoisotopic (exact) mass is 339 g/mol. The molecule has 0 spiro atoms. The quantitative estimate of drug-likeness (QED) is 0.548. The molecular formula is C20H25N3O2. The standard InChI is InChI=1S/C20H25N3O2/c1-2-3-4-5-6-7-8-11-14-23-18-17(21-22-23)19(24)15-12-9-10-13-16(15)20(18)25/h9-10,12-13H,2-8,11,14H2,1H3. The van der Waals surface area contributed by atoms with Gasteiger partial charge in [0, 0.05) is 17.7 Å². The molecule has 1 aliphatic carbocycles. The molecule has 25 heavy (non-hydrogen) atoms. The van der Waals surface area contributed by atoms with Gasteiger partial charge < -0.3 is 0 Å². The van der Waals surface area contributed by atoms with E-state index in [4.69, 9.17) is 0 Å². The van der Waals surface area contributed by atoms with Gasteiger partial charge in [-0.1, -0.05) is 81.3 Å². The van der Waals surface area contributed by atoms with Crippen molar-refractivity contribution in [2.75, 3.05) is 0 Å². The lowest BCUT2D eigenvalue weighted by atomic mass is 9.90. The third-order valence-corrected chi connectivity index (χ3v) is 4.81. The minimum atomic E-state index is -0.202. The van der Waals surface area contributed by atoms with Crippen LogP contribution < -0.4 is 0 Å². The van der Waals surface area contributed by atoms with Gasteiger partial charge in [-0.2, -0.15) is 0 Å². The van der Waals surface area contributed by atoms with Gasteiger partial charge in [0.1, 0.15) is 5.69 Å². The molecule has 1 aromatic carbocycles. The molecule has 3 rings (SSSR count). The first-order valence-corrected chi connectivity index (χ1v) is 9.36. The molecule has 0 fully saturated rings. The normalized spacial score (nSPS) is 13.0. The Morgan fingerprint density at radius 3 is 2.12 bits per heavy atom. The van der Waals surface area contributed by atoms with Crippen LogP contribution >= 0.6 is 0 Å². The van der Waals surface area contributed by atoms with E-state index < -0.39 is 0 Å². The van der Waals surface area contributed by atoms with Gasteiger partial charge in [-0.05, 0) is 6.42 Å². The number of benzene rings is 1. The van der Waals surface area contributed by atoms with Crippen LogP contribution in [0.3, 0.4) is 0 Å². The van der Waals surface area contributed by atoms with E-state index in [-0.39, 0.29) is 17.3 Å². The van der Waals surface area contributed by atoms with Crippen LogP contribution in [-0.2, 0) is 6.54 Å². The zero-order valence-electron chi connectivity index (χ0n) is 14.8. The van der Waals surface area contributed by atoms with Crippen molar-refractivity contribution in [1.29, 1.82) is 0 Å². The lowest BCUT2D eigenvalue weighted by Crippen LogP contribution is -2.23. The van der Waals surface area contributed by atoms with E-state index in [9.17, 15) is 9.59 Å². The number of hydrogen-bond donors (Lipinski definition) is 0. The summed E-state index contributed by atoms with van der Waals surface area (Å²) in [6, 6.07) is 6.92. The Balaban J connectivity index is 1.58. The van der Waals surface area contributed by atoms with Crippen LogP contribution in [0.15, 0.2) is 24.3 Å². The van der Waals surface area contributed by atoms with Gasteiger partial charge in [-0.3, -0.25) is 9.59 Å². The predicted molar refractivity (Wildman–Crippen MR) is 95.9 cm³/mol. The first-order valence-electron chi connectivity index (χ1n) is 9.36. The molecular weight excluding hydrogens is 314 g/mol. The van der Waals surface area contributed by atoms with Crippen LogP contribution in [-0.4, -0.2) is 26.6 Å². The topological polar surface area (TPSA) is 64.8 Å². The molecule has 1 heterocycles. The number of ketones is 2. The third-order valence-electron chi connectivity index (χ3n) is 4.81. The summed E-state index contributed by atoms with van der Waals surface area (Å²) >= 11 is 0. The van der Waals surface area contributed by atoms with Gasteiger partial charge in [0.25, 0.3) is 0 Å². The zero-order valence-corrected chi connectivity index (χ0v) is 14.8. The van der Waals surface area contributed by atoms with Crippen LogP contribution in [0, 0.1) is 0 Å². The Morgan fingerprint density at radius 2 is 1.44 bits per heavy atom. The fraction of sp³-hybridized carbons (Fsp3) is 0.500. The lowest BCUT2D eigenvalue weighted by molar-refractivity contribution is 0.0970. The van der Waals surface area contributed by atoms with Crippen LogP contribution in [0.1, 0.15) is 90.4 Å². The van der Waals surface area contributed by atoms with Crippen molar-refractivity contribution in [3.05, 3.63) is 46.8 Å². The number of aryl methyl sites for hydroxylation is 1. The van der Waals surface area contributed by atoms with E-state index in [1.54, 1.807) is 28.9 Å². The first kappa shape index (κ1) is 17.5. The smallest absolute Gasteiger partial charge is 0.216 e. The first-order chi connectivity index (χ1) is 12.2. The Hall–Kier alpha value is -2.30. The van der Waals surface area contributed by atoms with Crippen LogP contribution in [0.25, 0.3) is 0 Å². The highest BCUT2D eigenvalue weighted by molar-refractivity contribution is 6.26. The Labute approximate surface area is 148 Å². The van der Waals surface area contributed by atoms with E-state index in [1.807, 2.05) is 0 Å². The van der Waals surface area contributed by atoms with Gasteiger partial charge in [-0.15, -0.1) is 5.10 Å². The van der Waals surface area contributed by atoms with E-state index in [2.05, 4.69) is 17.2 Å². The minimum absolute atomic E-state index is 0.144. The van der Waals surface area contributed by atoms with Gasteiger partial charge in [0.15, 0.2) is 5.69 Å². The molecule has 0 amide bonds. The SMILES string of the molecule is CCCCCCCCCCn1nnc2c1C(=O)c1ccccc1C2=O. The molecule has 0 saturated heterocycles. The third kappa shape index (κ3) is 3.70. The second kappa shape index (κ2) is 8.19. The summed E-state index contributed by atoms with van der Waals surface area (Å²) in [7, 11) is 0. The number of carbonyl (C=O) groups excluding carboxylic acids is 2. The molecule has 5 nitrogen and oxygen atoms in total. The average molecular weight is 339 g/mol. The molecule has 1 aromatic heterocycles. The fourth-order valence-electron chi connectivity index (χ4n) is 3.38. The molecule has 0 saturated carbocycles. The highest BCUT2D eigenvalue weighted by Gasteiger charge is 2.34. The average Bonchev–Trinajstić information content (AvgIpc) is 3.06. The number of fused-ring (bicyclic) bond motifs is 2. The summed E-state index contributed by atoms with van der Waals surface area (Å²) in [6.45, 7) is 2.86. The fourth-order valence-corrected chi connectivity index (χ4v) is 3.38. The summed E-state index contributed by atoms with van der Waals surface area (Å²) in [5, 5.41) is 8.04. The van der Waals surface area contributed by atoms with Crippen molar-refractivity contribution >= 4 is 11.6 Å². The minimum Gasteiger partial charge on any atom is -0.287 e. The van der Waals surface area contributed by atoms with Gasteiger partial charge >= 0.3 is 0 Å². The second-order valence-electron chi connectivity index (χ2n) is 6.69. The molecule has 0 N–H and O–H groups in total. The molecule has 0 unspecified atom stereocenters. The van der Waals surface area contributed by atoms with Crippen molar-refractivity contribution < 1.29 is 9.59 Å². The highest BCUT2D eigenvalue weighted by Crippen LogP contribution is 2.25. The maximum atomic E-state index is 12.7.